The predicted octanol–water partition coefficient (Wildman–Crippen LogP) is 1.33. The normalized spacial score (nSPS) is 13.2. The van der Waals surface area contributed by atoms with Crippen molar-refractivity contribution in [1.29, 1.82) is 0 Å². The Morgan fingerprint density at radius 2 is 2.22 bits per heavy atom. The molecule has 0 aromatic carbocycles. The van der Waals surface area contributed by atoms with E-state index in [2.05, 4.69) is 16.8 Å². The molecule has 2 nitrogen and oxygen atoms in total. The van der Waals surface area contributed by atoms with E-state index in [4.69, 9.17) is 0 Å². The van der Waals surface area contributed by atoms with Crippen LogP contribution in [-0.2, 0) is 17.2 Å². The van der Waals surface area contributed by atoms with Crippen molar-refractivity contribution in [2.24, 2.45) is 10.3 Å². The molecule has 1 atom stereocenters. The fraction of sp³-hybridized carbons (Fsp3) is 0.833. The van der Waals surface area contributed by atoms with Crippen LogP contribution in [0.3, 0.4) is 0 Å². The Bertz CT molecular complexity index is 95.2. The number of carbonyl (C=O) groups excluding carboxylic acids is 1. The van der Waals surface area contributed by atoms with Crippen molar-refractivity contribution in [3.8, 4) is 0 Å². The molecule has 0 rings (SSSR count). The van der Waals surface area contributed by atoms with Gasteiger partial charge in [0, 0.05) is 12.4 Å². The maximum atomic E-state index is 10.1. The van der Waals surface area contributed by atoms with Crippen molar-refractivity contribution in [2.75, 3.05) is 0 Å². The lowest BCUT2D eigenvalue weighted by molar-refractivity contribution is -0.109. The maximum Gasteiger partial charge on any atom is 0.145 e. The molecular weight excluding hydrogens is 134 g/mol. The molecule has 0 aliphatic rings. The van der Waals surface area contributed by atoms with E-state index in [0.29, 0.717) is 5.92 Å². The van der Waals surface area contributed by atoms with Crippen molar-refractivity contribution < 1.29 is 4.79 Å². The zero-order valence-corrected chi connectivity index (χ0v) is 6.52. The molecule has 0 fully saturated rings. The van der Waals surface area contributed by atoms with E-state index in [1.807, 2.05) is 13.8 Å². The van der Waals surface area contributed by atoms with Gasteiger partial charge in [0.2, 0.25) is 0 Å². The van der Waals surface area contributed by atoms with Crippen LogP contribution in [0.4, 0.5) is 0 Å². The molecule has 0 amide bonds. The van der Waals surface area contributed by atoms with Gasteiger partial charge in [-0.2, -0.15) is 0 Å². The van der Waals surface area contributed by atoms with Gasteiger partial charge in [-0.15, -0.1) is 0 Å². The van der Waals surface area contributed by atoms with E-state index in [1.165, 1.54) is 0 Å². The van der Waals surface area contributed by atoms with Gasteiger partial charge in [-0.3, -0.25) is 0 Å². The Kier molecular flexibility index (Phi) is 4.40. The molecule has 9 heavy (non-hydrogen) atoms. The Morgan fingerprint density at radius 1 is 1.67 bits per heavy atom. The van der Waals surface area contributed by atoms with E-state index in [1.54, 1.807) is 0 Å². The monoisotopic (exact) mass is 145 g/mol. The standard InChI is InChI=1S/C6H11NOS/c1-5(2)3-6(4-8)7-9/h4-6H,3H2,1-2H3/t6-/m0/s1. The lowest BCUT2D eigenvalue weighted by Crippen LogP contribution is -2.08. The molecule has 0 saturated carbocycles. The van der Waals surface area contributed by atoms with Gasteiger partial charge in [0.1, 0.15) is 12.3 Å². The minimum Gasteiger partial charge on any atom is -0.301 e. The van der Waals surface area contributed by atoms with Crippen LogP contribution < -0.4 is 0 Å². The summed E-state index contributed by atoms with van der Waals surface area (Å²) < 4.78 is 3.46. The molecule has 0 aromatic rings. The lowest BCUT2D eigenvalue weighted by atomic mass is 10.1. The Hall–Kier alpha value is -0.310. The molecule has 0 saturated heterocycles. The minimum atomic E-state index is -0.264. The number of carbonyl (C=O) groups is 1. The molecule has 0 aliphatic carbocycles. The van der Waals surface area contributed by atoms with E-state index < -0.39 is 0 Å². The summed E-state index contributed by atoms with van der Waals surface area (Å²) in [5.74, 6) is 0.492. The number of nitrogens with zero attached hydrogens (tertiary/aromatic N) is 1. The van der Waals surface area contributed by atoms with Crippen molar-refractivity contribution in [3.63, 3.8) is 0 Å². The number of hydrogen-bond acceptors (Lipinski definition) is 3. The smallest absolute Gasteiger partial charge is 0.145 e. The summed E-state index contributed by atoms with van der Waals surface area (Å²) in [5.41, 5.74) is 0. The highest BCUT2D eigenvalue weighted by atomic mass is 32.1. The zero-order chi connectivity index (χ0) is 7.28. The Morgan fingerprint density at radius 3 is 2.33 bits per heavy atom. The highest BCUT2D eigenvalue weighted by Gasteiger charge is 2.05. The average molecular weight is 145 g/mol. The van der Waals surface area contributed by atoms with E-state index in [-0.39, 0.29) is 6.04 Å². The van der Waals surface area contributed by atoms with Crippen LogP contribution in [0.15, 0.2) is 4.36 Å². The molecule has 0 spiro atoms. The van der Waals surface area contributed by atoms with Gasteiger partial charge in [-0.1, -0.05) is 13.8 Å². The quantitative estimate of drug-likeness (QED) is 0.558. The van der Waals surface area contributed by atoms with Crippen LogP contribution in [0.25, 0.3) is 0 Å². The van der Waals surface area contributed by atoms with Gasteiger partial charge >= 0.3 is 0 Å². The SMILES string of the molecule is CC(C)C[C@@H](C=O)N=S. The maximum absolute atomic E-state index is 10.1. The van der Waals surface area contributed by atoms with Gasteiger partial charge < -0.3 is 4.79 Å². The molecule has 3 heteroatoms. The van der Waals surface area contributed by atoms with E-state index in [0.717, 1.165) is 12.7 Å². The van der Waals surface area contributed by atoms with Gasteiger partial charge in [0.15, 0.2) is 0 Å². The summed E-state index contributed by atoms with van der Waals surface area (Å²) >= 11 is 4.38. The largest absolute Gasteiger partial charge is 0.301 e. The lowest BCUT2D eigenvalue weighted by Gasteiger charge is -2.04. The molecule has 0 bridgehead atoms. The third-order valence-corrected chi connectivity index (χ3v) is 1.28. The summed E-state index contributed by atoms with van der Waals surface area (Å²) in [6.07, 6.45) is 1.57. The Balaban J connectivity index is 3.55. The molecule has 0 aromatic heterocycles. The molecule has 0 heterocycles. The first-order valence-corrected chi connectivity index (χ1v) is 3.35. The summed E-state index contributed by atoms with van der Waals surface area (Å²) in [4.78, 5) is 10.1. The van der Waals surface area contributed by atoms with Crippen LogP contribution in [-0.4, -0.2) is 12.3 Å². The average Bonchev–Trinajstić information content (AvgIpc) is 1.82. The van der Waals surface area contributed by atoms with Gasteiger partial charge in [-0.05, 0) is 12.3 Å². The van der Waals surface area contributed by atoms with Crippen LogP contribution in [0.2, 0.25) is 0 Å². The summed E-state index contributed by atoms with van der Waals surface area (Å²) in [7, 11) is 0. The van der Waals surface area contributed by atoms with Crippen LogP contribution >= 0.6 is 0 Å². The van der Waals surface area contributed by atoms with Crippen LogP contribution in [0.5, 0.6) is 0 Å². The second kappa shape index (κ2) is 4.56. The third kappa shape index (κ3) is 4.21. The molecule has 0 aliphatic heterocycles. The van der Waals surface area contributed by atoms with Gasteiger partial charge in [-0.25, -0.2) is 4.36 Å². The van der Waals surface area contributed by atoms with E-state index in [9.17, 15) is 4.79 Å². The van der Waals surface area contributed by atoms with Crippen molar-refractivity contribution in [1.82, 2.24) is 0 Å². The minimum absolute atomic E-state index is 0.264. The molecule has 0 N–H and O–H groups in total. The highest BCUT2D eigenvalue weighted by Crippen LogP contribution is 2.04. The summed E-state index contributed by atoms with van der Waals surface area (Å²) in [6, 6.07) is -0.264. The van der Waals surface area contributed by atoms with Gasteiger partial charge in [0.25, 0.3) is 0 Å². The number of hydrogen-bond donors (Lipinski definition) is 0. The Labute approximate surface area is 60.8 Å². The zero-order valence-electron chi connectivity index (χ0n) is 5.70. The number of rotatable bonds is 4. The second-order valence-electron chi connectivity index (χ2n) is 2.44. The first-order valence-electron chi connectivity index (χ1n) is 2.98. The fourth-order valence-electron chi connectivity index (χ4n) is 0.606. The second-order valence-corrected chi connectivity index (χ2v) is 2.65. The first kappa shape index (κ1) is 8.69. The predicted molar refractivity (Wildman–Crippen MR) is 39.1 cm³/mol. The third-order valence-electron chi connectivity index (χ3n) is 1.01. The fourth-order valence-corrected chi connectivity index (χ4v) is 0.742. The van der Waals surface area contributed by atoms with E-state index >= 15 is 0 Å². The summed E-state index contributed by atoms with van der Waals surface area (Å²) in [6.45, 7) is 4.08. The van der Waals surface area contributed by atoms with Crippen molar-refractivity contribution in [2.45, 2.75) is 26.3 Å². The number of aldehydes is 1. The van der Waals surface area contributed by atoms with Crippen LogP contribution in [0, 0.1) is 5.92 Å². The van der Waals surface area contributed by atoms with Crippen LogP contribution in [0.1, 0.15) is 20.3 Å². The van der Waals surface area contributed by atoms with Crippen molar-refractivity contribution in [3.05, 3.63) is 0 Å². The molecule has 0 radical (unpaired) electrons. The molecule has 0 unspecified atom stereocenters. The van der Waals surface area contributed by atoms with Crippen molar-refractivity contribution >= 4 is 18.7 Å². The summed E-state index contributed by atoms with van der Waals surface area (Å²) in [5, 5.41) is 0. The highest BCUT2D eigenvalue weighted by molar-refractivity contribution is 7.47. The molecular formula is C6H11NOS. The topological polar surface area (TPSA) is 29.4 Å². The van der Waals surface area contributed by atoms with Gasteiger partial charge in [0.05, 0.1) is 0 Å². The molecule has 52 valence electrons. The first-order chi connectivity index (χ1) is 4.20.